The molecule has 0 saturated carbocycles. The van der Waals surface area contributed by atoms with Crippen LogP contribution in [0.1, 0.15) is 70.9 Å². The van der Waals surface area contributed by atoms with Crippen LogP contribution in [0.3, 0.4) is 0 Å². The van der Waals surface area contributed by atoms with E-state index in [1.807, 2.05) is 72.2 Å². The Labute approximate surface area is 267 Å². The second-order valence-corrected chi connectivity index (χ2v) is 10.9. The predicted octanol–water partition coefficient (Wildman–Crippen LogP) is 5.44. The van der Waals surface area contributed by atoms with Crippen molar-refractivity contribution < 1.29 is 18.8 Å². The zero-order chi connectivity index (χ0) is 31.9. The number of carbonyl (C=O) groups excluding carboxylic acids is 1. The van der Waals surface area contributed by atoms with Gasteiger partial charge in [-0.3, -0.25) is 15.0 Å². The Bertz CT molecular complexity index is 1790. The van der Waals surface area contributed by atoms with E-state index >= 15 is 0 Å². The van der Waals surface area contributed by atoms with Crippen LogP contribution in [0.5, 0.6) is 0 Å². The van der Waals surface area contributed by atoms with Crippen molar-refractivity contribution in [3.63, 3.8) is 0 Å². The lowest BCUT2D eigenvalue weighted by Crippen LogP contribution is -2.40. The number of nitrogens with one attached hydrogen (secondary N) is 2. The number of methoxy groups -OCH3 is 1. The number of aryl methyl sites for hydroxylation is 2. The van der Waals surface area contributed by atoms with Crippen molar-refractivity contribution in [1.82, 2.24) is 30.8 Å². The first-order valence-electron chi connectivity index (χ1n) is 15.5. The number of ether oxygens (including phenoxy) is 2. The third-order valence-corrected chi connectivity index (χ3v) is 7.92. The summed E-state index contributed by atoms with van der Waals surface area (Å²) < 4.78 is 18.6. The minimum Gasteiger partial charge on any atom is -0.444 e. The first-order valence-corrected chi connectivity index (χ1v) is 15.5. The van der Waals surface area contributed by atoms with Crippen LogP contribution in [0.25, 0.3) is 5.69 Å². The van der Waals surface area contributed by atoms with Crippen LogP contribution < -0.4 is 10.9 Å². The third-order valence-electron chi connectivity index (χ3n) is 7.92. The normalized spacial score (nSPS) is 13.8. The van der Waals surface area contributed by atoms with Gasteiger partial charge >= 0.3 is 6.09 Å². The molecule has 0 saturated heterocycles. The summed E-state index contributed by atoms with van der Waals surface area (Å²) in [4.78, 5) is 18.0. The highest BCUT2D eigenvalue weighted by molar-refractivity contribution is 6.15. The van der Waals surface area contributed by atoms with Gasteiger partial charge in [-0.2, -0.15) is 0 Å². The number of amides is 1. The predicted molar refractivity (Wildman–Crippen MR) is 173 cm³/mol. The van der Waals surface area contributed by atoms with Crippen LogP contribution >= 0.6 is 0 Å². The molecule has 1 atom stereocenters. The maximum Gasteiger partial charge on any atom is 0.422 e. The molecule has 0 aliphatic carbocycles. The zero-order valence-corrected chi connectivity index (χ0v) is 26.2. The van der Waals surface area contributed by atoms with Gasteiger partial charge in [0.05, 0.1) is 23.7 Å². The van der Waals surface area contributed by atoms with Crippen molar-refractivity contribution >= 4 is 11.8 Å². The largest absolute Gasteiger partial charge is 0.444 e. The molecule has 3 aromatic carbocycles. The Balaban J connectivity index is 1.42. The topological polar surface area (TPSA) is 129 Å². The molecule has 5 aromatic rings. The maximum absolute atomic E-state index is 12.8. The summed E-state index contributed by atoms with van der Waals surface area (Å²) in [7, 11) is 1.70. The number of benzene rings is 3. The van der Waals surface area contributed by atoms with Crippen LogP contribution in [-0.2, 0) is 41.8 Å². The van der Waals surface area contributed by atoms with Gasteiger partial charge < -0.3 is 14.0 Å². The van der Waals surface area contributed by atoms with Crippen LogP contribution in [0.2, 0.25) is 0 Å². The smallest absolute Gasteiger partial charge is 0.422 e. The van der Waals surface area contributed by atoms with E-state index in [1.165, 1.54) is 0 Å². The minimum atomic E-state index is -0.797. The van der Waals surface area contributed by atoms with Crippen molar-refractivity contribution in [2.75, 3.05) is 13.7 Å². The summed E-state index contributed by atoms with van der Waals surface area (Å²) in [6, 6.07) is 25.8. The maximum atomic E-state index is 12.8. The molecule has 11 nitrogen and oxygen atoms in total. The number of aliphatic imine (C=N–C) groups is 1. The van der Waals surface area contributed by atoms with Crippen molar-refractivity contribution in [3.05, 3.63) is 130 Å². The molecule has 0 spiro atoms. The number of rotatable bonds is 12. The van der Waals surface area contributed by atoms with Crippen LogP contribution in [0.15, 0.2) is 88.4 Å². The number of hydrogen-bond donors (Lipinski definition) is 2. The average molecular weight is 620 g/mol. The van der Waals surface area contributed by atoms with E-state index in [0.717, 1.165) is 63.5 Å². The molecular weight excluding hydrogens is 582 g/mol. The lowest BCUT2D eigenvalue weighted by Gasteiger charge is -2.16. The molecule has 11 heteroatoms. The van der Waals surface area contributed by atoms with E-state index in [1.54, 1.807) is 7.11 Å². The average Bonchev–Trinajstić information content (AvgIpc) is 3.67. The highest BCUT2D eigenvalue weighted by Crippen LogP contribution is 2.32. The number of aromatic nitrogens is 4. The highest BCUT2D eigenvalue weighted by atomic mass is 16.6. The molecule has 1 amide bonds. The van der Waals surface area contributed by atoms with Crippen LogP contribution in [-0.4, -0.2) is 45.4 Å². The van der Waals surface area contributed by atoms with Crippen molar-refractivity contribution in [1.29, 1.82) is 0 Å². The Hall–Kier alpha value is -5.13. The van der Waals surface area contributed by atoms with Gasteiger partial charge in [-0.1, -0.05) is 91.8 Å². The molecule has 2 N–H and O–H groups in total. The summed E-state index contributed by atoms with van der Waals surface area (Å²) in [5, 5.41) is 13.6. The molecule has 0 bridgehead atoms. The van der Waals surface area contributed by atoms with E-state index in [9.17, 15) is 4.79 Å². The molecule has 1 aliphatic heterocycles. The van der Waals surface area contributed by atoms with Gasteiger partial charge in [0.1, 0.15) is 18.2 Å². The molecule has 0 fully saturated rings. The summed E-state index contributed by atoms with van der Waals surface area (Å²) in [6.07, 6.45) is 1.20. The van der Waals surface area contributed by atoms with Gasteiger partial charge in [-0.25, -0.2) is 10.2 Å². The van der Waals surface area contributed by atoms with Gasteiger partial charge in [0.15, 0.2) is 12.0 Å². The first-order chi connectivity index (χ1) is 22.6. The molecule has 1 aliphatic rings. The molecule has 3 heterocycles. The summed E-state index contributed by atoms with van der Waals surface area (Å²) in [5.74, 6) is 2.05. The molecular formula is C35H37N7O4. The quantitative estimate of drug-likeness (QED) is 0.177. The van der Waals surface area contributed by atoms with E-state index in [0.29, 0.717) is 31.1 Å². The SMILES string of the molecule is CCc1noc(CC)c1Cc1nnc2n1-c1cc(CCOC)ccc1C(c1ccccc1)=NC2NNC(=O)OCc1ccccc1. The number of fused-ring (bicyclic) bond motifs is 3. The molecule has 236 valence electrons. The fourth-order valence-electron chi connectivity index (χ4n) is 5.58. The highest BCUT2D eigenvalue weighted by Gasteiger charge is 2.31. The monoisotopic (exact) mass is 619 g/mol. The Kier molecular flexibility index (Phi) is 9.61. The van der Waals surface area contributed by atoms with Gasteiger partial charge in [0, 0.05) is 36.6 Å². The van der Waals surface area contributed by atoms with Crippen molar-refractivity contribution in [2.24, 2.45) is 4.99 Å². The van der Waals surface area contributed by atoms with E-state index < -0.39 is 12.3 Å². The molecule has 2 aromatic heterocycles. The van der Waals surface area contributed by atoms with E-state index in [2.05, 4.69) is 51.3 Å². The van der Waals surface area contributed by atoms with Gasteiger partial charge in [-0.05, 0) is 30.0 Å². The fraction of sp³-hybridized carbons (Fsp3) is 0.286. The lowest BCUT2D eigenvalue weighted by molar-refractivity contribution is 0.132. The zero-order valence-electron chi connectivity index (χ0n) is 26.2. The van der Waals surface area contributed by atoms with Crippen LogP contribution in [0.4, 0.5) is 4.79 Å². The molecule has 1 unspecified atom stereocenters. The van der Waals surface area contributed by atoms with Crippen molar-refractivity contribution in [3.8, 4) is 5.69 Å². The van der Waals surface area contributed by atoms with Gasteiger partial charge in [0.2, 0.25) is 0 Å². The Morgan fingerprint density at radius 2 is 1.74 bits per heavy atom. The first kappa shape index (κ1) is 30.9. The number of nitrogens with zero attached hydrogens (tertiary/aromatic N) is 5. The van der Waals surface area contributed by atoms with Crippen molar-refractivity contribution in [2.45, 2.75) is 52.3 Å². The number of hydrazine groups is 1. The second-order valence-electron chi connectivity index (χ2n) is 10.9. The third kappa shape index (κ3) is 6.60. The Morgan fingerprint density at radius 3 is 2.48 bits per heavy atom. The van der Waals surface area contributed by atoms with E-state index in [-0.39, 0.29) is 6.61 Å². The number of carbonyl (C=O) groups is 1. The van der Waals surface area contributed by atoms with Gasteiger partial charge in [0.25, 0.3) is 0 Å². The Morgan fingerprint density at radius 1 is 0.957 bits per heavy atom. The lowest BCUT2D eigenvalue weighted by atomic mass is 9.98. The summed E-state index contributed by atoms with van der Waals surface area (Å²) in [6.45, 7) is 4.82. The molecule has 46 heavy (non-hydrogen) atoms. The van der Waals surface area contributed by atoms with Crippen LogP contribution in [0, 0.1) is 0 Å². The number of hydrogen-bond acceptors (Lipinski definition) is 9. The molecule has 6 rings (SSSR count). The summed E-state index contributed by atoms with van der Waals surface area (Å²) >= 11 is 0. The van der Waals surface area contributed by atoms with Gasteiger partial charge in [-0.15, -0.1) is 10.2 Å². The fourth-order valence-corrected chi connectivity index (χ4v) is 5.58. The minimum absolute atomic E-state index is 0.131. The molecule has 0 radical (unpaired) electrons. The standard InChI is InChI=1S/C35H37N7O4/c1-4-28-27(30(5-2)46-41-28)21-31-37-39-34-33(38-40-35(43)45-22-24-12-8-6-9-13-24)36-32(25-14-10-7-11-15-25)26-17-16-23(18-19-44-3)20-29(26)42(31)34/h6-17,20,33,38H,4-5,18-19,21-22H2,1-3H3,(H,40,43). The summed E-state index contributed by atoms with van der Waals surface area (Å²) in [5.41, 5.74) is 13.1. The van der Waals surface area contributed by atoms with E-state index in [4.69, 9.17) is 19.0 Å². The second kappa shape index (κ2) is 14.3.